The van der Waals surface area contributed by atoms with Crippen molar-refractivity contribution in [3.63, 3.8) is 0 Å². The Kier molecular flexibility index (Phi) is 3.31. The van der Waals surface area contributed by atoms with E-state index < -0.39 is 10.1 Å². The third kappa shape index (κ3) is 3.46. The van der Waals surface area contributed by atoms with Crippen molar-refractivity contribution in [3.8, 4) is 5.75 Å². The highest BCUT2D eigenvalue weighted by Crippen LogP contribution is 2.11. The standard InChI is InChI=1S/C9H11O3S/c1-2-8-13(10,11)12-9-6-4-3-5-7-9/h4-7H,2,8H2,1H3. The van der Waals surface area contributed by atoms with Gasteiger partial charge in [0.1, 0.15) is 5.75 Å². The highest BCUT2D eigenvalue weighted by Gasteiger charge is 2.09. The van der Waals surface area contributed by atoms with Crippen molar-refractivity contribution in [3.05, 3.63) is 30.3 Å². The molecule has 1 rings (SSSR count). The van der Waals surface area contributed by atoms with Crippen LogP contribution in [0.2, 0.25) is 0 Å². The van der Waals surface area contributed by atoms with Gasteiger partial charge >= 0.3 is 10.1 Å². The number of benzene rings is 1. The average Bonchev–Trinajstić information content (AvgIpc) is 2.04. The molecule has 0 fully saturated rings. The lowest BCUT2D eigenvalue weighted by molar-refractivity contribution is 0.485. The Bertz CT molecular complexity index is 342. The fourth-order valence-electron chi connectivity index (χ4n) is 0.865. The first-order valence-electron chi connectivity index (χ1n) is 4.02. The molecule has 0 aliphatic heterocycles. The smallest absolute Gasteiger partial charge is 0.309 e. The van der Waals surface area contributed by atoms with Crippen molar-refractivity contribution < 1.29 is 12.6 Å². The number of rotatable bonds is 4. The SMILES string of the molecule is CCCS(=O)(=O)Oc1cc[c]cc1. The molecule has 0 unspecified atom stereocenters. The summed E-state index contributed by atoms with van der Waals surface area (Å²) < 4.78 is 27.1. The van der Waals surface area contributed by atoms with Crippen LogP contribution in [0.1, 0.15) is 13.3 Å². The maximum absolute atomic E-state index is 11.2. The maximum atomic E-state index is 11.2. The zero-order chi connectivity index (χ0) is 9.73. The van der Waals surface area contributed by atoms with E-state index in [9.17, 15) is 8.42 Å². The fourth-order valence-corrected chi connectivity index (χ4v) is 1.85. The predicted molar refractivity (Wildman–Crippen MR) is 50.0 cm³/mol. The van der Waals surface area contributed by atoms with Gasteiger partial charge in [-0.15, -0.1) is 0 Å². The summed E-state index contributed by atoms with van der Waals surface area (Å²) in [5.41, 5.74) is 0. The summed E-state index contributed by atoms with van der Waals surface area (Å²) in [6.45, 7) is 1.79. The van der Waals surface area contributed by atoms with Crippen LogP contribution in [0, 0.1) is 6.07 Å². The van der Waals surface area contributed by atoms with Gasteiger partial charge < -0.3 is 4.18 Å². The topological polar surface area (TPSA) is 43.4 Å². The lowest BCUT2D eigenvalue weighted by Crippen LogP contribution is -2.12. The van der Waals surface area contributed by atoms with Crippen LogP contribution in [-0.2, 0) is 10.1 Å². The Morgan fingerprint density at radius 2 is 2.00 bits per heavy atom. The average molecular weight is 199 g/mol. The molecule has 0 amide bonds. The van der Waals surface area contributed by atoms with Crippen LogP contribution in [0.3, 0.4) is 0 Å². The minimum Gasteiger partial charge on any atom is -0.382 e. The van der Waals surface area contributed by atoms with Gasteiger partial charge in [0.25, 0.3) is 0 Å². The Morgan fingerprint density at radius 3 is 2.54 bits per heavy atom. The Hall–Kier alpha value is -1.03. The van der Waals surface area contributed by atoms with Crippen LogP contribution >= 0.6 is 0 Å². The molecule has 0 aliphatic carbocycles. The summed E-state index contributed by atoms with van der Waals surface area (Å²) in [7, 11) is -3.40. The molecule has 1 aromatic carbocycles. The summed E-state index contributed by atoms with van der Waals surface area (Å²) in [6.07, 6.45) is 0.557. The third-order valence-corrected chi connectivity index (χ3v) is 2.72. The first-order chi connectivity index (χ1) is 6.14. The molecule has 0 heterocycles. The van der Waals surface area contributed by atoms with Crippen LogP contribution in [0.15, 0.2) is 24.3 Å². The molecule has 1 aromatic rings. The van der Waals surface area contributed by atoms with E-state index in [0.29, 0.717) is 12.2 Å². The second-order valence-electron chi connectivity index (χ2n) is 2.58. The predicted octanol–water partition coefficient (Wildman–Crippen LogP) is 1.61. The van der Waals surface area contributed by atoms with Crippen LogP contribution in [0.25, 0.3) is 0 Å². The van der Waals surface area contributed by atoms with E-state index in [1.807, 2.05) is 0 Å². The van der Waals surface area contributed by atoms with E-state index in [2.05, 4.69) is 6.07 Å². The summed E-state index contributed by atoms with van der Waals surface area (Å²) in [5, 5.41) is 0. The van der Waals surface area contributed by atoms with Gasteiger partial charge in [-0.1, -0.05) is 19.1 Å². The van der Waals surface area contributed by atoms with Crippen molar-refractivity contribution in [2.75, 3.05) is 5.75 Å². The van der Waals surface area contributed by atoms with Crippen LogP contribution < -0.4 is 4.18 Å². The highest BCUT2D eigenvalue weighted by molar-refractivity contribution is 7.87. The molecule has 0 N–H and O–H groups in total. The molecule has 3 nitrogen and oxygen atoms in total. The molecule has 0 bridgehead atoms. The molecule has 0 aromatic heterocycles. The summed E-state index contributed by atoms with van der Waals surface area (Å²) >= 11 is 0. The quantitative estimate of drug-likeness (QED) is 0.692. The molecule has 0 saturated heterocycles. The Labute approximate surface area is 78.5 Å². The second-order valence-corrected chi connectivity index (χ2v) is 4.27. The molecule has 13 heavy (non-hydrogen) atoms. The fraction of sp³-hybridized carbons (Fsp3) is 0.333. The van der Waals surface area contributed by atoms with Gasteiger partial charge in [-0.2, -0.15) is 8.42 Å². The van der Waals surface area contributed by atoms with E-state index in [1.165, 1.54) is 0 Å². The molecular formula is C9H11O3S. The zero-order valence-corrected chi connectivity index (χ0v) is 8.17. The van der Waals surface area contributed by atoms with Gasteiger partial charge in [0, 0.05) is 0 Å². The Balaban J connectivity index is 2.70. The zero-order valence-electron chi connectivity index (χ0n) is 7.36. The summed E-state index contributed by atoms with van der Waals surface area (Å²) in [4.78, 5) is 0. The lowest BCUT2D eigenvalue weighted by Gasteiger charge is -2.04. The molecule has 71 valence electrons. The maximum Gasteiger partial charge on any atom is 0.309 e. The Morgan fingerprint density at radius 1 is 1.38 bits per heavy atom. The van der Waals surface area contributed by atoms with E-state index in [1.54, 1.807) is 31.2 Å². The van der Waals surface area contributed by atoms with E-state index in [4.69, 9.17) is 4.18 Å². The summed E-state index contributed by atoms with van der Waals surface area (Å²) in [6, 6.07) is 9.12. The summed E-state index contributed by atoms with van der Waals surface area (Å²) in [5.74, 6) is 0.387. The van der Waals surface area contributed by atoms with Crippen LogP contribution in [-0.4, -0.2) is 14.2 Å². The monoisotopic (exact) mass is 199 g/mol. The van der Waals surface area contributed by atoms with E-state index >= 15 is 0 Å². The van der Waals surface area contributed by atoms with Gasteiger partial charge in [-0.3, -0.25) is 0 Å². The van der Waals surface area contributed by atoms with Gasteiger partial charge in [0.05, 0.1) is 5.75 Å². The first kappa shape index (κ1) is 10.1. The lowest BCUT2D eigenvalue weighted by atomic mass is 10.3. The van der Waals surface area contributed by atoms with Crippen molar-refractivity contribution >= 4 is 10.1 Å². The van der Waals surface area contributed by atoms with Crippen molar-refractivity contribution in [2.24, 2.45) is 0 Å². The normalized spacial score (nSPS) is 11.2. The molecule has 0 saturated carbocycles. The van der Waals surface area contributed by atoms with E-state index in [-0.39, 0.29) is 5.75 Å². The minimum atomic E-state index is -3.40. The number of hydrogen-bond donors (Lipinski definition) is 0. The minimum absolute atomic E-state index is 0.0472. The molecule has 0 spiro atoms. The molecular weight excluding hydrogens is 188 g/mol. The molecule has 0 atom stereocenters. The van der Waals surface area contributed by atoms with E-state index in [0.717, 1.165) is 0 Å². The van der Waals surface area contributed by atoms with Crippen molar-refractivity contribution in [2.45, 2.75) is 13.3 Å². The molecule has 0 aliphatic rings. The van der Waals surface area contributed by atoms with Crippen LogP contribution in [0.4, 0.5) is 0 Å². The van der Waals surface area contributed by atoms with Gasteiger partial charge in [0.15, 0.2) is 0 Å². The third-order valence-electron chi connectivity index (χ3n) is 1.36. The second kappa shape index (κ2) is 4.28. The van der Waals surface area contributed by atoms with Crippen LogP contribution in [0.5, 0.6) is 5.75 Å². The molecule has 4 heteroatoms. The van der Waals surface area contributed by atoms with Gasteiger partial charge in [0.2, 0.25) is 0 Å². The largest absolute Gasteiger partial charge is 0.382 e. The van der Waals surface area contributed by atoms with Gasteiger partial charge in [-0.05, 0) is 24.6 Å². The molecule has 1 radical (unpaired) electrons. The number of hydrogen-bond acceptors (Lipinski definition) is 3. The van der Waals surface area contributed by atoms with Crippen molar-refractivity contribution in [1.82, 2.24) is 0 Å². The van der Waals surface area contributed by atoms with Crippen molar-refractivity contribution in [1.29, 1.82) is 0 Å². The highest BCUT2D eigenvalue weighted by atomic mass is 32.2. The first-order valence-corrected chi connectivity index (χ1v) is 5.60. The van der Waals surface area contributed by atoms with Gasteiger partial charge in [-0.25, -0.2) is 0 Å².